The number of nitrogens with one attached hydrogen (secondary N) is 1. The van der Waals surface area contributed by atoms with E-state index in [1.807, 2.05) is 0 Å². The van der Waals surface area contributed by atoms with Crippen molar-refractivity contribution in [3.63, 3.8) is 0 Å². The van der Waals surface area contributed by atoms with Crippen molar-refractivity contribution in [2.24, 2.45) is 22.2 Å². The molecule has 2 atom stereocenters. The van der Waals surface area contributed by atoms with Crippen LogP contribution in [0.5, 0.6) is 0 Å². The van der Waals surface area contributed by atoms with Crippen molar-refractivity contribution >= 4 is 11.7 Å². The number of carbonyl (C=O) groups excluding carboxylic acids is 1. The van der Waals surface area contributed by atoms with Crippen molar-refractivity contribution in [3.8, 4) is 0 Å². The van der Waals surface area contributed by atoms with Crippen LogP contribution in [0.15, 0.2) is 16.2 Å². The van der Waals surface area contributed by atoms with Gasteiger partial charge < -0.3 is 5.73 Å². The van der Waals surface area contributed by atoms with Gasteiger partial charge in [0.25, 0.3) is 0 Å². The average molecular weight is 249 g/mol. The normalized spacial score (nSPS) is 33.4. The van der Waals surface area contributed by atoms with Crippen LogP contribution >= 0.6 is 0 Å². The molecule has 2 bridgehead atoms. The first-order valence-corrected chi connectivity index (χ1v) is 6.74. The van der Waals surface area contributed by atoms with Gasteiger partial charge in [0.2, 0.25) is 0 Å². The molecule has 0 spiro atoms. The van der Waals surface area contributed by atoms with E-state index in [4.69, 9.17) is 5.73 Å². The average Bonchev–Trinajstić information content (AvgIpc) is 2.26. The Morgan fingerprint density at radius 1 is 1.44 bits per heavy atom. The summed E-state index contributed by atoms with van der Waals surface area (Å²) in [7, 11) is 0. The molecule has 0 aromatic heterocycles. The van der Waals surface area contributed by atoms with Crippen LogP contribution in [-0.2, 0) is 0 Å². The third-order valence-corrected chi connectivity index (χ3v) is 4.40. The Hall–Kier alpha value is -1.32. The van der Waals surface area contributed by atoms with E-state index in [2.05, 4.69) is 31.3 Å². The molecule has 2 aliphatic rings. The summed E-state index contributed by atoms with van der Waals surface area (Å²) < 4.78 is 0. The molecule has 2 aliphatic carbocycles. The van der Waals surface area contributed by atoms with E-state index >= 15 is 0 Å². The standard InChI is InChI=1S/C14H23N3O/c1-9(2)12-10-5-4-7-14(12,3)8-6-11(10)16-17-13(15)18/h10H,4-8H2,1-3H3,(H3,15,17,18)/b16-11-/t10-,14-/m1/s1. The van der Waals surface area contributed by atoms with Crippen molar-refractivity contribution < 1.29 is 4.79 Å². The summed E-state index contributed by atoms with van der Waals surface area (Å²) >= 11 is 0. The minimum Gasteiger partial charge on any atom is -0.350 e. The summed E-state index contributed by atoms with van der Waals surface area (Å²) in [5.41, 5.74) is 11.9. The lowest BCUT2D eigenvalue weighted by molar-refractivity contribution is 0.240. The fourth-order valence-corrected chi connectivity index (χ4v) is 3.78. The minimum atomic E-state index is -0.578. The molecule has 3 N–H and O–H groups in total. The van der Waals surface area contributed by atoms with Crippen molar-refractivity contribution in [1.29, 1.82) is 0 Å². The van der Waals surface area contributed by atoms with E-state index in [1.165, 1.54) is 18.4 Å². The van der Waals surface area contributed by atoms with Gasteiger partial charge in [-0.15, -0.1) is 0 Å². The SMILES string of the molecule is CC(C)=C1[C@@H]2CCC[C@]1(C)CC/C2=N/NC(N)=O. The summed E-state index contributed by atoms with van der Waals surface area (Å²) in [6.45, 7) is 6.76. The van der Waals surface area contributed by atoms with Crippen LogP contribution in [0.2, 0.25) is 0 Å². The van der Waals surface area contributed by atoms with Crippen molar-refractivity contribution in [2.75, 3.05) is 0 Å². The molecule has 0 aromatic rings. The summed E-state index contributed by atoms with van der Waals surface area (Å²) in [5, 5.41) is 4.22. The number of hydrazone groups is 1. The quantitative estimate of drug-likeness (QED) is 0.544. The molecule has 4 heteroatoms. The molecule has 2 fully saturated rings. The molecule has 18 heavy (non-hydrogen) atoms. The zero-order valence-corrected chi connectivity index (χ0v) is 11.5. The second kappa shape index (κ2) is 4.75. The molecule has 0 unspecified atom stereocenters. The van der Waals surface area contributed by atoms with Gasteiger partial charge in [-0.3, -0.25) is 0 Å². The highest BCUT2D eigenvalue weighted by Crippen LogP contribution is 2.52. The van der Waals surface area contributed by atoms with Crippen LogP contribution in [0.25, 0.3) is 0 Å². The number of primary amides is 1. The number of urea groups is 1. The van der Waals surface area contributed by atoms with Crippen molar-refractivity contribution in [3.05, 3.63) is 11.1 Å². The maximum absolute atomic E-state index is 10.8. The first-order valence-electron chi connectivity index (χ1n) is 6.74. The first-order chi connectivity index (χ1) is 8.44. The van der Waals surface area contributed by atoms with Gasteiger partial charge in [-0.1, -0.05) is 24.5 Å². The zero-order valence-electron chi connectivity index (χ0n) is 11.5. The molecule has 0 aliphatic heterocycles. The predicted molar refractivity (Wildman–Crippen MR) is 73.2 cm³/mol. The maximum atomic E-state index is 10.8. The van der Waals surface area contributed by atoms with E-state index in [-0.39, 0.29) is 0 Å². The molecule has 2 rings (SSSR count). The van der Waals surface area contributed by atoms with Crippen LogP contribution in [0.3, 0.4) is 0 Å². The molecule has 100 valence electrons. The predicted octanol–water partition coefficient (Wildman–Crippen LogP) is 2.95. The molecule has 0 saturated heterocycles. The second-order valence-electron chi connectivity index (χ2n) is 6.00. The first kappa shape index (κ1) is 13.1. The van der Waals surface area contributed by atoms with Gasteiger partial charge in [0.05, 0.1) is 0 Å². The van der Waals surface area contributed by atoms with Crippen LogP contribution < -0.4 is 11.2 Å². The Bertz CT molecular complexity index is 421. The second-order valence-corrected chi connectivity index (χ2v) is 6.00. The van der Waals surface area contributed by atoms with Gasteiger partial charge in [-0.25, -0.2) is 10.2 Å². The zero-order chi connectivity index (χ0) is 13.3. The fourth-order valence-electron chi connectivity index (χ4n) is 3.78. The van der Waals surface area contributed by atoms with Gasteiger partial charge in [0.1, 0.15) is 0 Å². The van der Waals surface area contributed by atoms with E-state index in [1.54, 1.807) is 5.57 Å². The number of hydrogen-bond acceptors (Lipinski definition) is 2. The lowest BCUT2D eigenvalue weighted by Crippen LogP contribution is -2.40. The maximum Gasteiger partial charge on any atom is 0.332 e. The van der Waals surface area contributed by atoms with Gasteiger partial charge in [0.15, 0.2) is 0 Å². The van der Waals surface area contributed by atoms with E-state index in [0.29, 0.717) is 11.3 Å². The Morgan fingerprint density at radius 2 is 2.17 bits per heavy atom. The number of nitrogens with zero attached hydrogens (tertiary/aromatic N) is 1. The molecular formula is C14H23N3O. The topological polar surface area (TPSA) is 67.5 Å². The number of rotatable bonds is 1. The van der Waals surface area contributed by atoms with E-state index in [0.717, 1.165) is 25.0 Å². The molecule has 0 aromatic carbocycles. The summed E-state index contributed by atoms with van der Waals surface area (Å²) in [4.78, 5) is 10.8. The number of nitrogens with two attached hydrogens (primary N) is 1. The van der Waals surface area contributed by atoms with E-state index in [9.17, 15) is 4.79 Å². The highest BCUT2D eigenvalue weighted by atomic mass is 16.2. The highest BCUT2D eigenvalue weighted by molar-refractivity contribution is 5.92. The highest BCUT2D eigenvalue weighted by Gasteiger charge is 2.43. The van der Waals surface area contributed by atoms with E-state index < -0.39 is 6.03 Å². The Morgan fingerprint density at radius 3 is 2.78 bits per heavy atom. The van der Waals surface area contributed by atoms with Gasteiger partial charge in [-0.05, 0) is 44.9 Å². The minimum absolute atomic E-state index is 0.341. The van der Waals surface area contributed by atoms with Gasteiger partial charge >= 0.3 is 6.03 Å². The lowest BCUT2D eigenvalue weighted by Gasteiger charge is -2.47. The Kier molecular flexibility index (Phi) is 3.46. The molecule has 0 heterocycles. The number of allylic oxidation sites excluding steroid dienone is 2. The van der Waals surface area contributed by atoms with Gasteiger partial charge in [-0.2, -0.15) is 5.10 Å². The van der Waals surface area contributed by atoms with Crippen molar-refractivity contribution in [1.82, 2.24) is 5.43 Å². The molecular weight excluding hydrogens is 226 g/mol. The van der Waals surface area contributed by atoms with Crippen LogP contribution in [0, 0.1) is 11.3 Å². The monoisotopic (exact) mass is 249 g/mol. The Labute approximate surface area is 109 Å². The Balaban J connectivity index is 2.32. The van der Waals surface area contributed by atoms with Crippen LogP contribution in [0.4, 0.5) is 4.79 Å². The number of hydrogen-bond donors (Lipinski definition) is 2. The molecule has 4 nitrogen and oxygen atoms in total. The number of fused-ring (bicyclic) bond motifs is 2. The summed E-state index contributed by atoms with van der Waals surface area (Å²) in [6, 6.07) is -0.578. The van der Waals surface area contributed by atoms with Crippen LogP contribution in [0.1, 0.15) is 52.9 Å². The largest absolute Gasteiger partial charge is 0.350 e. The molecule has 2 saturated carbocycles. The molecule has 0 radical (unpaired) electrons. The number of amides is 2. The van der Waals surface area contributed by atoms with Crippen LogP contribution in [-0.4, -0.2) is 11.7 Å². The smallest absolute Gasteiger partial charge is 0.332 e. The van der Waals surface area contributed by atoms with Crippen molar-refractivity contribution in [2.45, 2.75) is 52.9 Å². The summed E-state index contributed by atoms with van der Waals surface area (Å²) in [6.07, 6.45) is 5.77. The number of carbonyl (C=O) groups is 1. The van der Waals surface area contributed by atoms with Gasteiger partial charge in [0, 0.05) is 11.6 Å². The third kappa shape index (κ3) is 2.28. The molecule has 2 amide bonds. The fraction of sp³-hybridized carbons (Fsp3) is 0.714. The summed E-state index contributed by atoms with van der Waals surface area (Å²) in [5.74, 6) is 0.411. The lowest BCUT2D eigenvalue weighted by atomic mass is 9.58. The third-order valence-electron chi connectivity index (χ3n) is 4.40.